The van der Waals surface area contributed by atoms with Gasteiger partial charge in [-0.05, 0) is 26.0 Å². The second-order valence-electron chi connectivity index (χ2n) is 3.50. The topological polar surface area (TPSA) is 34.9 Å². The Morgan fingerprint density at radius 2 is 1.73 bits per heavy atom. The summed E-state index contributed by atoms with van der Waals surface area (Å²) in [5.41, 5.74) is 1.98. The predicted molar refractivity (Wildman–Crippen MR) is 59.3 cm³/mol. The van der Waals surface area contributed by atoms with E-state index in [2.05, 4.69) is 4.98 Å². The van der Waals surface area contributed by atoms with E-state index in [4.69, 9.17) is 0 Å². The van der Waals surface area contributed by atoms with Gasteiger partial charge < -0.3 is 0 Å². The van der Waals surface area contributed by atoms with Crippen molar-refractivity contribution in [1.29, 1.82) is 0 Å². The maximum absolute atomic E-state index is 11.6. The van der Waals surface area contributed by atoms with Gasteiger partial charge in [-0.2, -0.15) is 0 Å². The van der Waals surface area contributed by atoms with Crippen LogP contribution in [-0.4, -0.2) is 9.55 Å². The molecule has 0 bridgehead atoms. The summed E-state index contributed by atoms with van der Waals surface area (Å²) in [6.07, 6.45) is 1.53. The SMILES string of the molecule is Cc1ccc(-n2c(C)nccc2=O)cc1. The Labute approximate surface area is 88.0 Å². The molecule has 0 saturated heterocycles. The quantitative estimate of drug-likeness (QED) is 0.704. The average Bonchev–Trinajstić information content (AvgIpc) is 2.20. The third kappa shape index (κ3) is 1.81. The summed E-state index contributed by atoms with van der Waals surface area (Å²) in [4.78, 5) is 15.8. The maximum atomic E-state index is 11.6. The third-order valence-electron chi connectivity index (χ3n) is 2.31. The molecule has 0 atom stereocenters. The van der Waals surface area contributed by atoms with Crippen LogP contribution in [0.3, 0.4) is 0 Å². The van der Waals surface area contributed by atoms with Gasteiger partial charge in [0, 0.05) is 12.3 Å². The fourth-order valence-corrected chi connectivity index (χ4v) is 1.51. The molecule has 3 heteroatoms. The van der Waals surface area contributed by atoms with Crippen LogP contribution in [0.1, 0.15) is 11.4 Å². The van der Waals surface area contributed by atoms with Crippen LogP contribution in [0, 0.1) is 13.8 Å². The molecule has 15 heavy (non-hydrogen) atoms. The van der Waals surface area contributed by atoms with E-state index < -0.39 is 0 Å². The monoisotopic (exact) mass is 200 g/mol. The Kier molecular flexibility index (Phi) is 2.37. The highest BCUT2D eigenvalue weighted by molar-refractivity contribution is 5.35. The molecule has 0 aliphatic carbocycles. The Morgan fingerprint density at radius 3 is 2.33 bits per heavy atom. The first-order chi connectivity index (χ1) is 7.18. The summed E-state index contributed by atoms with van der Waals surface area (Å²) < 4.78 is 1.60. The Bertz CT molecular complexity index is 526. The van der Waals surface area contributed by atoms with Gasteiger partial charge >= 0.3 is 0 Å². The van der Waals surface area contributed by atoms with Crippen molar-refractivity contribution >= 4 is 0 Å². The molecule has 0 spiro atoms. The second-order valence-corrected chi connectivity index (χ2v) is 3.50. The summed E-state index contributed by atoms with van der Waals surface area (Å²) in [5, 5.41) is 0. The number of nitrogens with zero attached hydrogens (tertiary/aromatic N) is 2. The zero-order valence-electron chi connectivity index (χ0n) is 8.77. The fourth-order valence-electron chi connectivity index (χ4n) is 1.51. The van der Waals surface area contributed by atoms with Gasteiger partial charge in [0.25, 0.3) is 5.56 Å². The highest BCUT2D eigenvalue weighted by Crippen LogP contribution is 2.07. The van der Waals surface area contributed by atoms with Crippen LogP contribution >= 0.6 is 0 Å². The molecule has 0 amide bonds. The Hall–Kier alpha value is -1.90. The van der Waals surface area contributed by atoms with Gasteiger partial charge in [0.05, 0.1) is 5.69 Å². The number of aryl methyl sites for hydroxylation is 2. The number of hydrogen-bond donors (Lipinski definition) is 0. The van der Waals surface area contributed by atoms with Crippen molar-refractivity contribution in [3.05, 3.63) is 58.3 Å². The van der Waals surface area contributed by atoms with Crippen LogP contribution in [0.15, 0.2) is 41.3 Å². The highest BCUT2D eigenvalue weighted by atomic mass is 16.1. The summed E-state index contributed by atoms with van der Waals surface area (Å²) >= 11 is 0. The fraction of sp³-hybridized carbons (Fsp3) is 0.167. The molecule has 2 rings (SSSR count). The van der Waals surface area contributed by atoms with Gasteiger partial charge in [-0.15, -0.1) is 0 Å². The second kappa shape index (κ2) is 3.69. The van der Waals surface area contributed by atoms with Crippen molar-refractivity contribution < 1.29 is 0 Å². The third-order valence-corrected chi connectivity index (χ3v) is 2.31. The molecule has 3 nitrogen and oxygen atoms in total. The van der Waals surface area contributed by atoms with Crippen molar-refractivity contribution in [3.8, 4) is 5.69 Å². The largest absolute Gasteiger partial charge is 0.269 e. The van der Waals surface area contributed by atoms with E-state index in [1.807, 2.05) is 38.1 Å². The summed E-state index contributed by atoms with van der Waals surface area (Å²) in [6.45, 7) is 3.84. The Morgan fingerprint density at radius 1 is 1.07 bits per heavy atom. The molecule has 0 unspecified atom stereocenters. The molecule has 0 aliphatic rings. The van der Waals surface area contributed by atoms with E-state index in [1.165, 1.54) is 17.8 Å². The van der Waals surface area contributed by atoms with Gasteiger partial charge in [-0.25, -0.2) is 4.98 Å². The van der Waals surface area contributed by atoms with Crippen LogP contribution in [0.4, 0.5) is 0 Å². The lowest BCUT2D eigenvalue weighted by Crippen LogP contribution is -2.20. The molecular weight excluding hydrogens is 188 g/mol. The first-order valence-electron chi connectivity index (χ1n) is 4.80. The Balaban J connectivity index is 2.64. The molecule has 0 radical (unpaired) electrons. The zero-order valence-corrected chi connectivity index (χ0v) is 8.77. The molecular formula is C12H12N2O. The van der Waals surface area contributed by atoms with E-state index in [0.29, 0.717) is 5.82 Å². The van der Waals surface area contributed by atoms with E-state index in [1.54, 1.807) is 4.57 Å². The van der Waals surface area contributed by atoms with Crippen molar-refractivity contribution in [3.63, 3.8) is 0 Å². The smallest absolute Gasteiger partial charge is 0.258 e. The molecule has 0 saturated carbocycles. The van der Waals surface area contributed by atoms with Gasteiger partial charge in [-0.1, -0.05) is 17.7 Å². The number of aromatic nitrogens is 2. The maximum Gasteiger partial charge on any atom is 0.258 e. The lowest BCUT2D eigenvalue weighted by molar-refractivity contribution is 0.870. The lowest BCUT2D eigenvalue weighted by atomic mass is 10.2. The van der Waals surface area contributed by atoms with E-state index >= 15 is 0 Å². The molecule has 1 aromatic heterocycles. The molecule has 76 valence electrons. The molecule has 1 aromatic carbocycles. The minimum Gasteiger partial charge on any atom is -0.269 e. The predicted octanol–water partition coefficient (Wildman–Crippen LogP) is 1.85. The van der Waals surface area contributed by atoms with Crippen LogP contribution in [0.5, 0.6) is 0 Å². The lowest BCUT2D eigenvalue weighted by Gasteiger charge is -2.08. The van der Waals surface area contributed by atoms with E-state index in [0.717, 1.165) is 5.69 Å². The first-order valence-corrected chi connectivity index (χ1v) is 4.80. The van der Waals surface area contributed by atoms with E-state index in [9.17, 15) is 4.79 Å². The van der Waals surface area contributed by atoms with Gasteiger partial charge in [0.15, 0.2) is 0 Å². The van der Waals surface area contributed by atoms with Crippen LogP contribution in [0.2, 0.25) is 0 Å². The number of hydrogen-bond acceptors (Lipinski definition) is 2. The van der Waals surface area contributed by atoms with E-state index in [-0.39, 0.29) is 5.56 Å². The van der Waals surface area contributed by atoms with Gasteiger partial charge in [0.2, 0.25) is 0 Å². The standard InChI is InChI=1S/C12H12N2O/c1-9-3-5-11(6-4-9)14-10(2)13-8-7-12(14)15/h3-8H,1-2H3. The number of rotatable bonds is 1. The number of benzene rings is 1. The normalized spacial score (nSPS) is 10.3. The van der Waals surface area contributed by atoms with Gasteiger partial charge in [0.1, 0.15) is 5.82 Å². The minimum atomic E-state index is -0.0497. The minimum absolute atomic E-state index is 0.0497. The molecule has 1 heterocycles. The highest BCUT2D eigenvalue weighted by Gasteiger charge is 2.02. The van der Waals surface area contributed by atoms with Crippen molar-refractivity contribution in [1.82, 2.24) is 9.55 Å². The molecule has 0 aliphatic heterocycles. The summed E-state index contributed by atoms with van der Waals surface area (Å²) in [5.74, 6) is 0.700. The zero-order chi connectivity index (χ0) is 10.8. The van der Waals surface area contributed by atoms with Crippen LogP contribution in [0.25, 0.3) is 5.69 Å². The van der Waals surface area contributed by atoms with Crippen molar-refractivity contribution in [2.75, 3.05) is 0 Å². The molecule has 0 N–H and O–H groups in total. The van der Waals surface area contributed by atoms with Crippen molar-refractivity contribution in [2.45, 2.75) is 13.8 Å². The van der Waals surface area contributed by atoms with Crippen LogP contribution in [-0.2, 0) is 0 Å². The van der Waals surface area contributed by atoms with Gasteiger partial charge in [-0.3, -0.25) is 9.36 Å². The molecule has 2 aromatic rings. The average molecular weight is 200 g/mol. The van der Waals surface area contributed by atoms with Crippen molar-refractivity contribution in [2.24, 2.45) is 0 Å². The summed E-state index contributed by atoms with van der Waals surface area (Å²) in [6, 6.07) is 9.27. The molecule has 0 fully saturated rings. The first kappa shape index (κ1) is 9.65. The summed E-state index contributed by atoms with van der Waals surface area (Å²) in [7, 11) is 0. The van der Waals surface area contributed by atoms with Crippen LogP contribution < -0.4 is 5.56 Å².